The van der Waals surface area contributed by atoms with Crippen LogP contribution in [0.4, 0.5) is 14.5 Å². The highest BCUT2D eigenvalue weighted by Gasteiger charge is 2.06. The van der Waals surface area contributed by atoms with E-state index in [4.69, 9.17) is 4.74 Å². The van der Waals surface area contributed by atoms with Crippen molar-refractivity contribution < 1.29 is 18.6 Å². The van der Waals surface area contributed by atoms with Crippen molar-refractivity contribution in [2.45, 2.75) is 6.10 Å². The van der Waals surface area contributed by atoms with E-state index in [0.29, 0.717) is 15.9 Å². The molecule has 6 heteroatoms. The predicted molar refractivity (Wildman–Crippen MR) is 80.5 cm³/mol. The molecule has 1 unspecified atom stereocenters. The summed E-state index contributed by atoms with van der Waals surface area (Å²) in [6.45, 7) is 0.320. The number of anilines is 1. The van der Waals surface area contributed by atoms with E-state index in [9.17, 15) is 13.9 Å². The SMILES string of the molecule is OC(CNc1ccc(F)c(Br)c1)COc1ccc(F)cc1. The Morgan fingerprint density at radius 3 is 2.52 bits per heavy atom. The molecular weight excluding hydrogens is 344 g/mol. The molecule has 1 atom stereocenters. The second kappa shape index (κ2) is 7.38. The maximum absolute atomic E-state index is 13.1. The van der Waals surface area contributed by atoms with Crippen molar-refractivity contribution in [2.75, 3.05) is 18.5 Å². The number of aliphatic hydroxyl groups is 1. The predicted octanol–water partition coefficient (Wildman–Crippen LogP) is 3.58. The lowest BCUT2D eigenvalue weighted by atomic mass is 10.3. The summed E-state index contributed by atoms with van der Waals surface area (Å²) in [5.41, 5.74) is 0.684. The Kier molecular flexibility index (Phi) is 5.52. The fraction of sp³-hybridized carbons (Fsp3) is 0.200. The van der Waals surface area contributed by atoms with Crippen molar-refractivity contribution >= 4 is 21.6 Å². The van der Waals surface area contributed by atoms with Crippen LogP contribution in [0.5, 0.6) is 5.75 Å². The van der Waals surface area contributed by atoms with Gasteiger partial charge in [-0.1, -0.05) is 0 Å². The van der Waals surface area contributed by atoms with Gasteiger partial charge in [-0.2, -0.15) is 0 Å². The van der Waals surface area contributed by atoms with Gasteiger partial charge in [0.15, 0.2) is 0 Å². The van der Waals surface area contributed by atoms with Crippen LogP contribution in [0.15, 0.2) is 46.9 Å². The second-order valence-electron chi connectivity index (χ2n) is 4.43. The summed E-state index contributed by atoms with van der Waals surface area (Å²) in [4.78, 5) is 0. The van der Waals surface area contributed by atoms with Crippen LogP contribution in [0.2, 0.25) is 0 Å². The Labute approximate surface area is 129 Å². The second-order valence-corrected chi connectivity index (χ2v) is 5.28. The van der Waals surface area contributed by atoms with E-state index in [1.54, 1.807) is 12.1 Å². The van der Waals surface area contributed by atoms with Crippen LogP contribution in [0, 0.1) is 11.6 Å². The molecule has 0 heterocycles. The van der Waals surface area contributed by atoms with Gasteiger partial charge in [0.2, 0.25) is 0 Å². The number of halogens is 3. The zero-order chi connectivity index (χ0) is 15.2. The molecule has 0 bridgehead atoms. The maximum Gasteiger partial charge on any atom is 0.137 e. The normalized spacial score (nSPS) is 12.0. The average molecular weight is 358 g/mol. The first-order chi connectivity index (χ1) is 10.0. The van der Waals surface area contributed by atoms with Gasteiger partial charge < -0.3 is 15.2 Å². The summed E-state index contributed by atoms with van der Waals surface area (Å²) >= 11 is 3.09. The molecule has 0 amide bonds. The van der Waals surface area contributed by atoms with Crippen LogP contribution < -0.4 is 10.1 Å². The third-order valence-electron chi connectivity index (χ3n) is 2.72. The number of hydrogen-bond acceptors (Lipinski definition) is 3. The Balaban J connectivity index is 1.77. The Morgan fingerprint density at radius 2 is 1.86 bits per heavy atom. The van der Waals surface area contributed by atoms with Gasteiger partial charge in [-0.15, -0.1) is 0 Å². The number of hydrogen-bond donors (Lipinski definition) is 2. The maximum atomic E-state index is 13.1. The highest BCUT2D eigenvalue weighted by molar-refractivity contribution is 9.10. The molecule has 21 heavy (non-hydrogen) atoms. The quantitative estimate of drug-likeness (QED) is 0.830. The first-order valence-corrected chi connectivity index (χ1v) is 7.09. The largest absolute Gasteiger partial charge is 0.491 e. The van der Waals surface area contributed by atoms with Crippen LogP contribution in [-0.4, -0.2) is 24.4 Å². The lowest BCUT2D eigenvalue weighted by Crippen LogP contribution is -2.26. The molecule has 2 aromatic carbocycles. The molecule has 2 aromatic rings. The number of benzene rings is 2. The van der Waals surface area contributed by atoms with Gasteiger partial charge in [0.05, 0.1) is 4.47 Å². The Morgan fingerprint density at radius 1 is 1.14 bits per heavy atom. The molecule has 0 aliphatic heterocycles. The first kappa shape index (κ1) is 15.7. The third-order valence-corrected chi connectivity index (χ3v) is 3.33. The average Bonchev–Trinajstić information content (AvgIpc) is 2.48. The smallest absolute Gasteiger partial charge is 0.137 e. The van der Waals surface area contributed by atoms with E-state index in [0.717, 1.165) is 0 Å². The summed E-state index contributed by atoms with van der Waals surface area (Å²) in [6, 6.07) is 10.1. The van der Waals surface area contributed by atoms with Crippen molar-refractivity contribution in [3.05, 3.63) is 58.6 Å². The Bertz CT molecular complexity index is 593. The highest BCUT2D eigenvalue weighted by atomic mass is 79.9. The van der Waals surface area contributed by atoms with E-state index in [1.165, 1.54) is 30.3 Å². The molecule has 0 spiro atoms. The minimum Gasteiger partial charge on any atom is -0.491 e. The summed E-state index contributed by atoms with van der Waals surface area (Å²) in [5, 5.41) is 12.8. The van der Waals surface area contributed by atoms with E-state index >= 15 is 0 Å². The first-order valence-electron chi connectivity index (χ1n) is 6.30. The molecule has 0 fully saturated rings. The van der Waals surface area contributed by atoms with Crippen LogP contribution >= 0.6 is 15.9 Å². The molecule has 0 saturated heterocycles. The standard InChI is InChI=1S/C15H14BrF2NO2/c16-14-7-11(3-6-15(14)18)19-8-12(20)9-21-13-4-1-10(17)2-5-13/h1-7,12,19-20H,8-9H2. The van der Waals surface area contributed by atoms with Gasteiger partial charge in [0.25, 0.3) is 0 Å². The van der Waals surface area contributed by atoms with Crippen LogP contribution in [-0.2, 0) is 0 Å². The Hall–Kier alpha value is -1.66. The third kappa shape index (κ3) is 4.99. The van der Waals surface area contributed by atoms with E-state index in [2.05, 4.69) is 21.2 Å². The molecule has 2 rings (SSSR count). The van der Waals surface area contributed by atoms with Crippen LogP contribution in [0.25, 0.3) is 0 Å². The fourth-order valence-corrected chi connectivity index (χ4v) is 2.00. The zero-order valence-corrected chi connectivity index (χ0v) is 12.6. The molecule has 2 N–H and O–H groups in total. The number of rotatable bonds is 6. The van der Waals surface area contributed by atoms with Crippen molar-refractivity contribution in [1.82, 2.24) is 0 Å². The van der Waals surface area contributed by atoms with E-state index in [-0.39, 0.29) is 24.8 Å². The van der Waals surface area contributed by atoms with E-state index in [1.807, 2.05) is 0 Å². The summed E-state index contributed by atoms with van der Waals surface area (Å²) in [6.07, 6.45) is -0.751. The van der Waals surface area contributed by atoms with Gasteiger partial charge >= 0.3 is 0 Å². The number of nitrogens with one attached hydrogen (secondary N) is 1. The number of ether oxygens (including phenoxy) is 1. The van der Waals surface area contributed by atoms with Gasteiger partial charge in [-0.25, -0.2) is 8.78 Å². The van der Waals surface area contributed by atoms with Crippen molar-refractivity contribution in [3.8, 4) is 5.75 Å². The van der Waals surface area contributed by atoms with Crippen LogP contribution in [0.1, 0.15) is 0 Å². The lowest BCUT2D eigenvalue weighted by molar-refractivity contribution is 0.117. The molecule has 0 aromatic heterocycles. The van der Waals surface area contributed by atoms with E-state index < -0.39 is 6.10 Å². The minimum absolute atomic E-state index is 0.0704. The molecule has 0 radical (unpaired) electrons. The fourth-order valence-electron chi connectivity index (χ4n) is 1.62. The monoisotopic (exact) mass is 357 g/mol. The number of aliphatic hydroxyl groups excluding tert-OH is 1. The lowest BCUT2D eigenvalue weighted by Gasteiger charge is -2.14. The molecular formula is C15H14BrF2NO2. The molecule has 0 saturated carbocycles. The molecule has 0 aliphatic carbocycles. The topological polar surface area (TPSA) is 41.5 Å². The van der Waals surface area contributed by atoms with Gasteiger partial charge in [-0.3, -0.25) is 0 Å². The summed E-state index contributed by atoms with van der Waals surface area (Å²) < 4.78 is 31.5. The van der Waals surface area contributed by atoms with Gasteiger partial charge in [-0.05, 0) is 58.4 Å². The van der Waals surface area contributed by atoms with Gasteiger partial charge in [0, 0.05) is 12.2 Å². The minimum atomic E-state index is -0.751. The van der Waals surface area contributed by atoms with Crippen LogP contribution in [0.3, 0.4) is 0 Å². The van der Waals surface area contributed by atoms with Crippen molar-refractivity contribution in [2.24, 2.45) is 0 Å². The van der Waals surface area contributed by atoms with Crippen molar-refractivity contribution in [1.29, 1.82) is 0 Å². The van der Waals surface area contributed by atoms with Gasteiger partial charge in [0.1, 0.15) is 30.1 Å². The molecule has 3 nitrogen and oxygen atoms in total. The summed E-state index contributed by atoms with van der Waals surface area (Å²) in [5.74, 6) is -0.202. The molecule has 112 valence electrons. The van der Waals surface area contributed by atoms with Crippen molar-refractivity contribution in [3.63, 3.8) is 0 Å². The highest BCUT2D eigenvalue weighted by Crippen LogP contribution is 2.20. The molecule has 0 aliphatic rings. The summed E-state index contributed by atoms with van der Waals surface area (Å²) in [7, 11) is 0. The zero-order valence-electron chi connectivity index (χ0n) is 11.0.